The number of hydrogen-bond donors (Lipinski definition) is 2. The molecule has 0 fully saturated rings. The lowest BCUT2D eigenvalue weighted by Crippen LogP contribution is -1.99. The first-order valence-electron chi connectivity index (χ1n) is 5.52. The molecule has 0 saturated heterocycles. The zero-order valence-corrected chi connectivity index (χ0v) is 11.7. The summed E-state index contributed by atoms with van der Waals surface area (Å²) in [4.78, 5) is 0. The minimum absolute atomic E-state index is 0.471. The quantitative estimate of drug-likeness (QED) is 0.901. The minimum atomic E-state index is 0.471. The molecule has 1 heterocycles. The fourth-order valence-electron chi connectivity index (χ4n) is 1.69. The molecule has 2 aromatic rings. The summed E-state index contributed by atoms with van der Waals surface area (Å²) >= 11 is 6.04. The van der Waals surface area contributed by atoms with Gasteiger partial charge < -0.3 is 20.5 Å². The van der Waals surface area contributed by atoms with Crippen molar-refractivity contribution in [2.24, 2.45) is 7.05 Å². The number of aryl methyl sites for hydroxylation is 1. The number of rotatable bonds is 4. The van der Waals surface area contributed by atoms with Crippen molar-refractivity contribution in [1.82, 2.24) is 9.78 Å². The second-order valence-electron chi connectivity index (χ2n) is 3.92. The minimum Gasteiger partial charge on any atom is -0.495 e. The lowest BCUT2D eigenvalue weighted by atomic mass is 10.2. The van der Waals surface area contributed by atoms with Gasteiger partial charge in [-0.15, -0.1) is 0 Å². The highest BCUT2D eigenvalue weighted by Crippen LogP contribution is 2.37. The van der Waals surface area contributed by atoms with Crippen LogP contribution < -0.4 is 20.5 Å². The molecular weight excluding hydrogens is 268 g/mol. The van der Waals surface area contributed by atoms with Gasteiger partial charge in [0, 0.05) is 25.4 Å². The topological polar surface area (TPSA) is 74.3 Å². The van der Waals surface area contributed by atoms with E-state index in [1.54, 1.807) is 44.3 Å². The molecule has 0 radical (unpaired) electrons. The largest absolute Gasteiger partial charge is 0.495 e. The third kappa shape index (κ3) is 2.68. The summed E-state index contributed by atoms with van der Waals surface area (Å²) in [6.07, 6.45) is 1.71. The maximum Gasteiger partial charge on any atom is 0.175 e. The molecule has 0 spiro atoms. The van der Waals surface area contributed by atoms with Gasteiger partial charge in [0.1, 0.15) is 11.5 Å². The predicted octanol–water partition coefficient (Wildman–Crippen LogP) is 2.42. The van der Waals surface area contributed by atoms with Gasteiger partial charge in [-0.05, 0) is 0 Å². The van der Waals surface area contributed by atoms with Crippen LogP contribution in [-0.4, -0.2) is 24.0 Å². The number of anilines is 3. The third-order valence-electron chi connectivity index (χ3n) is 2.58. The molecule has 19 heavy (non-hydrogen) atoms. The number of benzene rings is 1. The van der Waals surface area contributed by atoms with Crippen LogP contribution >= 0.6 is 11.6 Å². The number of nitrogen functional groups attached to an aromatic ring is 1. The van der Waals surface area contributed by atoms with Crippen LogP contribution in [0, 0.1) is 0 Å². The van der Waals surface area contributed by atoms with Crippen LogP contribution in [-0.2, 0) is 7.05 Å². The van der Waals surface area contributed by atoms with E-state index in [0.717, 1.165) is 0 Å². The molecule has 3 N–H and O–H groups in total. The summed E-state index contributed by atoms with van der Waals surface area (Å²) in [5.74, 6) is 1.67. The van der Waals surface area contributed by atoms with E-state index in [-0.39, 0.29) is 0 Å². The SMILES string of the molecule is COc1cc(Nc2nn(C)cc2N)c(OC)cc1Cl. The Hall–Kier alpha value is -2.08. The molecule has 0 aliphatic rings. The van der Waals surface area contributed by atoms with Crippen molar-refractivity contribution in [2.75, 3.05) is 25.3 Å². The molecule has 102 valence electrons. The summed E-state index contributed by atoms with van der Waals surface area (Å²) in [5.41, 5.74) is 7.05. The van der Waals surface area contributed by atoms with E-state index in [2.05, 4.69) is 10.4 Å². The summed E-state index contributed by atoms with van der Waals surface area (Å²) < 4.78 is 12.1. The second-order valence-corrected chi connectivity index (χ2v) is 4.33. The van der Waals surface area contributed by atoms with Gasteiger partial charge in [-0.3, -0.25) is 4.68 Å². The van der Waals surface area contributed by atoms with Crippen LogP contribution in [0.5, 0.6) is 11.5 Å². The molecule has 0 aliphatic heterocycles. The Balaban J connectivity index is 2.40. The molecule has 0 amide bonds. The van der Waals surface area contributed by atoms with Crippen molar-refractivity contribution < 1.29 is 9.47 Å². The van der Waals surface area contributed by atoms with Gasteiger partial charge in [0.25, 0.3) is 0 Å². The van der Waals surface area contributed by atoms with E-state index in [4.69, 9.17) is 26.8 Å². The van der Waals surface area contributed by atoms with Gasteiger partial charge in [0.2, 0.25) is 0 Å². The smallest absolute Gasteiger partial charge is 0.175 e. The first-order chi connectivity index (χ1) is 9.05. The molecule has 7 heteroatoms. The highest BCUT2D eigenvalue weighted by Gasteiger charge is 2.12. The van der Waals surface area contributed by atoms with Crippen LogP contribution in [0.25, 0.3) is 0 Å². The Bertz CT molecular complexity index is 598. The summed E-state index contributed by atoms with van der Waals surface area (Å²) in [5, 5.41) is 7.78. The lowest BCUT2D eigenvalue weighted by molar-refractivity contribution is 0.405. The fraction of sp³-hybridized carbons (Fsp3) is 0.250. The van der Waals surface area contributed by atoms with Gasteiger partial charge in [-0.25, -0.2) is 0 Å². The maximum absolute atomic E-state index is 6.04. The molecule has 1 aromatic carbocycles. The highest BCUT2D eigenvalue weighted by molar-refractivity contribution is 6.32. The van der Waals surface area contributed by atoms with Crippen LogP contribution in [0.1, 0.15) is 0 Å². The van der Waals surface area contributed by atoms with E-state index in [1.807, 2.05) is 0 Å². The molecular formula is C12H15ClN4O2. The Morgan fingerprint density at radius 2 is 1.95 bits per heavy atom. The van der Waals surface area contributed by atoms with Crippen molar-refractivity contribution in [3.8, 4) is 11.5 Å². The number of aromatic nitrogens is 2. The zero-order chi connectivity index (χ0) is 14.0. The van der Waals surface area contributed by atoms with E-state index in [0.29, 0.717) is 33.7 Å². The molecule has 0 saturated carbocycles. The zero-order valence-electron chi connectivity index (χ0n) is 10.9. The van der Waals surface area contributed by atoms with Gasteiger partial charge >= 0.3 is 0 Å². The van der Waals surface area contributed by atoms with Gasteiger partial charge in [0.05, 0.1) is 30.6 Å². The monoisotopic (exact) mass is 282 g/mol. The van der Waals surface area contributed by atoms with Crippen LogP contribution in [0.15, 0.2) is 18.3 Å². The van der Waals surface area contributed by atoms with Gasteiger partial charge in [0.15, 0.2) is 5.82 Å². The number of nitrogens with zero attached hydrogens (tertiary/aromatic N) is 2. The summed E-state index contributed by atoms with van der Waals surface area (Å²) in [6, 6.07) is 3.40. The van der Waals surface area contributed by atoms with Crippen molar-refractivity contribution in [2.45, 2.75) is 0 Å². The first-order valence-corrected chi connectivity index (χ1v) is 5.90. The first kappa shape index (κ1) is 13.4. The van der Waals surface area contributed by atoms with Crippen molar-refractivity contribution >= 4 is 28.8 Å². The fourth-order valence-corrected chi connectivity index (χ4v) is 1.92. The number of methoxy groups -OCH3 is 2. The molecule has 0 bridgehead atoms. The average molecular weight is 283 g/mol. The molecule has 0 unspecified atom stereocenters. The van der Waals surface area contributed by atoms with Gasteiger partial charge in [-0.2, -0.15) is 5.10 Å². The van der Waals surface area contributed by atoms with E-state index in [9.17, 15) is 0 Å². The molecule has 6 nitrogen and oxygen atoms in total. The predicted molar refractivity (Wildman–Crippen MR) is 75.5 cm³/mol. The Morgan fingerprint density at radius 3 is 2.47 bits per heavy atom. The molecule has 2 rings (SSSR count). The van der Waals surface area contributed by atoms with Crippen molar-refractivity contribution in [1.29, 1.82) is 0 Å². The van der Waals surface area contributed by atoms with Crippen LogP contribution in [0.4, 0.5) is 17.2 Å². The van der Waals surface area contributed by atoms with E-state index >= 15 is 0 Å². The number of halogens is 1. The molecule has 0 aliphatic carbocycles. The maximum atomic E-state index is 6.04. The normalized spacial score (nSPS) is 10.3. The van der Waals surface area contributed by atoms with E-state index < -0.39 is 0 Å². The van der Waals surface area contributed by atoms with Crippen molar-refractivity contribution in [3.05, 3.63) is 23.4 Å². The Labute approximate surface area is 116 Å². The number of nitrogens with one attached hydrogen (secondary N) is 1. The highest BCUT2D eigenvalue weighted by atomic mass is 35.5. The summed E-state index contributed by atoms with van der Waals surface area (Å²) in [6.45, 7) is 0. The third-order valence-corrected chi connectivity index (χ3v) is 2.88. The number of nitrogens with two attached hydrogens (primary N) is 1. The number of ether oxygens (including phenoxy) is 2. The van der Waals surface area contributed by atoms with Crippen molar-refractivity contribution in [3.63, 3.8) is 0 Å². The number of hydrogen-bond acceptors (Lipinski definition) is 5. The Morgan fingerprint density at radius 1 is 1.26 bits per heavy atom. The summed E-state index contributed by atoms with van der Waals surface area (Å²) in [7, 11) is 4.90. The lowest BCUT2D eigenvalue weighted by Gasteiger charge is -2.12. The van der Waals surface area contributed by atoms with Crippen LogP contribution in [0.2, 0.25) is 5.02 Å². The molecule has 0 atom stereocenters. The van der Waals surface area contributed by atoms with Crippen LogP contribution in [0.3, 0.4) is 0 Å². The van der Waals surface area contributed by atoms with E-state index in [1.165, 1.54) is 0 Å². The Kier molecular flexibility index (Phi) is 3.71. The standard InChI is InChI=1S/C12H15ClN4O2/c1-17-6-8(14)12(16-17)15-9-5-10(18-2)7(13)4-11(9)19-3/h4-6H,14H2,1-3H3,(H,15,16). The second kappa shape index (κ2) is 5.27. The van der Waals surface area contributed by atoms with Gasteiger partial charge in [-0.1, -0.05) is 11.6 Å². The molecule has 1 aromatic heterocycles. The average Bonchev–Trinajstić information content (AvgIpc) is 2.69.